The van der Waals surface area contributed by atoms with Crippen LogP contribution < -0.4 is 0 Å². The predicted molar refractivity (Wildman–Crippen MR) is 62.2 cm³/mol. The maximum atomic E-state index is 5.48. The summed E-state index contributed by atoms with van der Waals surface area (Å²) in [6, 6.07) is 4.11. The van der Waals surface area contributed by atoms with Crippen LogP contribution in [0.15, 0.2) is 22.8 Å². The van der Waals surface area contributed by atoms with Crippen LogP contribution in [0, 0.1) is 0 Å². The van der Waals surface area contributed by atoms with Crippen LogP contribution in [-0.2, 0) is 0 Å². The molecule has 2 aromatic rings. The highest BCUT2D eigenvalue weighted by molar-refractivity contribution is 5.77. The van der Waals surface area contributed by atoms with Crippen molar-refractivity contribution in [3.05, 3.63) is 29.7 Å². The lowest BCUT2D eigenvalue weighted by Gasteiger charge is -2.10. The Morgan fingerprint density at radius 3 is 2.47 bits per heavy atom. The van der Waals surface area contributed by atoms with E-state index in [1.54, 1.807) is 6.26 Å². The van der Waals surface area contributed by atoms with Gasteiger partial charge in [-0.15, -0.1) is 0 Å². The zero-order valence-corrected chi connectivity index (χ0v) is 9.74. The topological polar surface area (TPSA) is 26.0 Å². The molecule has 0 aliphatic carbocycles. The fourth-order valence-electron chi connectivity index (χ4n) is 1.73. The zero-order chi connectivity index (χ0) is 11.0. The molecule has 2 heterocycles. The predicted octanol–water partition coefficient (Wildman–Crippen LogP) is 4.07. The summed E-state index contributed by atoms with van der Waals surface area (Å²) in [5, 5.41) is 0. The highest BCUT2D eigenvalue weighted by atomic mass is 16.3. The van der Waals surface area contributed by atoms with Gasteiger partial charge in [-0.25, -0.2) is 4.98 Å². The number of hydrogen-bond donors (Lipinski definition) is 0. The molecule has 0 spiro atoms. The van der Waals surface area contributed by atoms with E-state index in [2.05, 4.69) is 38.7 Å². The van der Waals surface area contributed by atoms with Gasteiger partial charge in [-0.2, -0.15) is 0 Å². The van der Waals surface area contributed by atoms with Crippen molar-refractivity contribution in [3.63, 3.8) is 0 Å². The molecule has 2 heteroatoms. The molecule has 0 aromatic carbocycles. The largest absolute Gasteiger partial charge is 0.462 e. The van der Waals surface area contributed by atoms with Crippen molar-refractivity contribution in [3.8, 4) is 0 Å². The summed E-state index contributed by atoms with van der Waals surface area (Å²) in [5.74, 6) is 0.931. The molecular formula is C13H17NO. The number of pyridine rings is 1. The second-order valence-corrected chi connectivity index (χ2v) is 4.58. The number of rotatable bonds is 2. The SMILES string of the molecule is CC(C)c1cc(C(C)C)c2occc2n1. The molecule has 0 aliphatic heterocycles. The van der Waals surface area contributed by atoms with Gasteiger partial charge in [-0.3, -0.25) is 0 Å². The quantitative estimate of drug-likeness (QED) is 0.735. The minimum atomic E-state index is 0.460. The van der Waals surface area contributed by atoms with Crippen molar-refractivity contribution in [1.82, 2.24) is 4.98 Å². The van der Waals surface area contributed by atoms with Gasteiger partial charge in [-0.05, 0) is 17.9 Å². The summed E-state index contributed by atoms with van der Waals surface area (Å²) in [5.41, 5.74) is 4.32. The van der Waals surface area contributed by atoms with E-state index in [0.717, 1.165) is 16.8 Å². The van der Waals surface area contributed by atoms with Gasteiger partial charge in [0.05, 0.1) is 6.26 Å². The fourth-order valence-corrected chi connectivity index (χ4v) is 1.73. The number of fused-ring (bicyclic) bond motifs is 1. The molecule has 2 aromatic heterocycles. The molecule has 15 heavy (non-hydrogen) atoms. The summed E-state index contributed by atoms with van der Waals surface area (Å²) < 4.78 is 5.48. The maximum Gasteiger partial charge on any atom is 0.155 e. The van der Waals surface area contributed by atoms with Crippen LogP contribution in [0.4, 0.5) is 0 Å². The first-order valence-corrected chi connectivity index (χ1v) is 5.47. The Kier molecular flexibility index (Phi) is 2.51. The summed E-state index contributed by atoms with van der Waals surface area (Å²) in [6.07, 6.45) is 1.72. The first-order valence-electron chi connectivity index (χ1n) is 5.47. The van der Waals surface area contributed by atoms with Gasteiger partial charge in [0.15, 0.2) is 5.58 Å². The van der Waals surface area contributed by atoms with Gasteiger partial charge in [0.1, 0.15) is 5.52 Å². The Balaban J connectivity index is 2.69. The van der Waals surface area contributed by atoms with Crippen LogP contribution in [0.5, 0.6) is 0 Å². The van der Waals surface area contributed by atoms with Gasteiger partial charge >= 0.3 is 0 Å². The lowest BCUT2D eigenvalue weighted by atomic mass is 9.99. The summed E-state index contributed by atoms with van der Waals surface area (Å²) in [7, 11) is 0. The lowest BCUT2D eigenvalue weighted by molar-refractivity contribution is 0.606. The van der Waals surface area contributed by atoms with E-state index in [4.69, 9.17) is 4.42 Å². The van der Waals surface area contributed by atoms with E-state index < -0.39 is 0 Å². The van der Waals surface area contributed by atoms with Crippen molar-refractivity contribution in [1.29, 1.82) is 0 Å². The van der Waals surface area contributed by atoms with Crippen molar-refractivity contribution >= 4 is 11.1 Å². The van der Waals surface area contributed by atoms with Crippen LogP contribution in [0.1, 0.15) is 50.8 Å². The van der Waals surface area contributed by atoms with Crippen molar-refractivity contribution in [2.45, 2.75) is 39.5 Å². The second kappa shape index (κ2) is 3.69. The van der Waals surface area contributed by atoms with Crippen LogP contribution in [0.2, 0.25) is 0 Å². The molecule has 0 saturated carbocycles. The van der Waals surface area contributed by atoms with Crippen molar-refractivity contribution in [2.75, 3.05) is 0 Å². The normalized spacial score (nSPS) is 11.9. The van der Waals surface area contributed by atoms with E-state index in [0.29, 0.717) is 11.8 Å². The molecule has 2 rings (SSSR count). The summed E-state index contributed by atoms with van der Waals surface area (Å²) in [4.78, 5) is 4.58. The van der Waals surface area contributed by atoms with Gasteiger partial charge in [0, 0.05) is 17.3 Å². The molecule has 0 bridgehead atoms. The Labute approximate surface area is 90.3 Å². The van der Waals surface area contributed by atoms with E-state index in [1.807, 2.05) is 6.07 Å². The molecule has 0 amide bonds. The molecule has 0 N–H and O–H groups in total. The van der Waals surface area contributed by atoms with E-state index >= 15 is 0 Å². The van der Waals surface area contributed by atoms with E-state index in [9.17, 15) is 0 Å². The minimum Gasteiger partial charge on any atom is -0.462 e. The molecule has 0 saturated heterocycles. The Hall–Kier alpha value is -1.31. The molecule has 80 valence electrons. The number of furan rings is 1. The van der Waals surface area contributed by atoms with Crippen LogP contribution >= 0.6 is 0 Å². The number of aromatic nitrogens is 1. The van der Waals surface area contributed by atoms with Crippen LogP contribution in [0.3, 0.4) is 0 Å². The summed E-state index contributed by atoms with van der Waals surface area (Å²) >= 11 is 0. The van der Waals surface area contributed by atoms with Gasteiger partial charge < -0.3 is 4.42 Å². The molecule has 0 fully saturated rings. The van der Waals surface area contributed by atoms with Crippen LogP contribution in [0.25, 0.3) is 11.1 Å². The van der Waals surface area contributed by atoms with Gasteiger partial charge in [0.2, 0.25) is 0 Å². The van der Waals surface area contributed by atoms with Crippen molar-refractivity contribution < 1.29 is 4.42 Å². The maximum absolute atomic E-state index is 5.48. The first-order chi connectivity index (χ1) is 7.09. The zero-order valence-electron chi connectivity index (χ0n) is 9.74. The molecule has 0 radical (unpaired) electrons. The highest BCUT2D eigenvalue weighted by Crippen LogP contribution is 2.28. The third-order valence-corrected chi connectivity index (χ3v) is 2.67. The van der Waals surface area contributed by atoms with Crippen LogP contribution in [-0.4, -0.2) is 4.98 Å². The average molecular weight is 203 g/mol. The minimum absolute atomic E-state index is 0.460. The molecule has 0 atom stereocenters. The highest BCUT2D eigenvalue weighted by Gasteiger charge is 2.12. The lowest BCUT2D eigenvalue weighted by Crippen LogP contribution is -1.97. The summed E-state index contributed by atoms with van der Waals surface area (Å²) in [6.45, 7) is 8.69. The molecule has 0 aliphatic rings. The Morgan fingerprint density at radius 1 is 1.13 bits per heavy atom. The third-order valence-electron chi connectivity index (χ3n) is 2.67. The third kappa shape index (κ3) is 1.76. The standard InChI is InChI=1S/C13H17NO/c1-8(2)10-7-12(9(3)4)14-11-5-6-15-13(10)11/h5-9H,1-4H3. The smallest absolute Gasteiger partial charge is 0.155 e. The fraction of sp³-hybridized carbons (Fsp3) is 0.462. The number of nitrogens with zero attached hydrogens (tertiary/aromatic N) is 1. The Bertz CT molecular complexity index is 468. The Morgan fingerprint density at radius 2 is 1.87 bits per heavy atom. The molecule has 2 nitrogen and oxygen atoms in total. The van der Waals surface area contributed by atoms with E-state index in [1.165, 1.54) is 5.56 Å². The monoisotopic (exact) mass is 203 g/mol. The van der Waals surface area contributed by atoms with Crippen molar-refractivity contribution in [2.24, 2.45) is 0 Å². The first kappa shape index (κ1) is 10.2. The van der Waals surface area contributed by atoms with Gasteiger partial charge in [0.25, 0.3) is 0 Å². The molecule has 0 unspecified atom stereocenters. The second-order valence-electron chi connectivity index (χ2n) is 4.58. The molecular weight excluding hydrogens is 186 g/mol. The van der Waals surface area contributed by atoms with E-state index in [-0.39, 0.29) is 0 Å². The van der Waals surface area contributed by atoms with Gasteiger partial charge in [-0.1, -0.05) is 27.7 Å². The number of hydrogen-bond acceptors (Lipinski definition) is 2. The average Bonchev–Trinajstić information content (AvgIpc) is 2.62.